The molecule has 1 fully saturated rings. The molecule has 0 unspecified atom stereocenters. The minimum absolute atomic E-state index is 0.0121. The number of likely N-dealkylation sites (tertiary alicyclic amines) is 1. The van der Waals surface area contributed by atoms with E-state index >= 15 is 0 Å². The average Bonchev–Trinajstić information content (AvgIpc) is 3.18. The molecule has 142 valence electrons. The van der Waals surface area contributed by atoms with E-state index in [-0.39, 0.29) is 30.1 Å². The molecule has 0 aromatic carbocycles. The fourth-order valence-electron chi connectivity index (χ4n) is 2.93. The van der Waals surface area contributed by atoms with Crippen molar-refractivity contribution >= 4 is 28.8 Å². The number of pyridine rings is 1. The number of amides is 2. The smallest absolute Gasteiger partial charge is 0.285 e. The third-order valence-electron chi connectivity index (χ3n) is 4.45. The summed E-state index contributed by atoms with van der Waals surface area (Å²) in [6, 6.07) is 3.94. The second kappa shape index (κ2) is 8.12. The molecular formula is C17H18N4O5S. The van der Waals surface area contributed by atoms with Crippen molar-refractivity contribution in [2.45, 2.75) is 25.4 Å². The Morgan fingerprint density at radius 2 is 2.00 bits per heavy atom. The van der Waals surface area contributed by atoms with Gasteiger partial charge in [0.15, 0.2) is 0 Å². The third kappa shape index (κ3) is 4.59. The van der Waals surface area contributed by atoms with Crippen LogP contribution in [0, 0.1) is 10.1 Å². The van der Waals surface area contributed by atoms with Crippen molar-refractivity contribution in [1.82, 2.24) is 14.8 Å². The highest BCUT2D eigenvalue weighted by atomic mass is 32.1. The summed E-state index contributed by atoms with van der Waals surface area (Å²) in [5.74, 6) is -0.399. The molecule has 10 heteroatoms. The molecule has 1 aliphatic rings. The van der Waals surface area contributed by atoms with Gasteiger partial charge >= 0.3 is 0 Å². The lowest BCUT2D eigenvalue weighted by molar-refractivity contribution is -0.385. The minimum atomic E-state index is -0.609. The van der Waals surface area contributed by atoms with E-state index in [9.17, 15) is 24.5 Å². The second-order valence-corrected chi connectivity index (χ2v) is 7.03. The molecule has 2 aromatic rings. The molecule has 2 amide bonds. The van der Waals surface area contributed by atoms with Crippen LogP contribution in [0.3, 0.4) is 0 Å². The summed E-state index contributed by atoms with van der Waals surface area (Å²) in [4.78, 5) is 48.1. The largest absolute Gasteiger partial charge is 0.349 e. The first kappa shape index (κ1) is 18.8. The van der Waals surface area contributed by atoms with Gasteiger partial charge in [-0.05, 0) is 24.3 Å². The number of nitrogens with one attached hydrogen (secondary N) is 1. The molecule has 1 N–H and O–H groups in total. The van der Waals surface area contributed by atoms with Gasteiger partial charge in [0, 0.05) is 42.2 Å². The highest BCUT2D eigenvalue weighted by Gasteiger charge is 2.24. The fraction of sp³-hybridized carbons (Fsp3) is 0.353. The zero-order valence-electron chi connectivity index (χ0n) is 14.4. The summed E-state index contributed by atoms with van der Waals surface area (Å²) in [5, 5.41) is 17.4. The van der Waals surface area contributed by atoms with Gasteiger partial charge in [-0.25, -0.2) is 0 Å². The summed E-state index contributed by atoms with van der Waals surface area (Å²) in [7, 11) is 0. The number of rotatable bonds is 5. The monoisotopic (exact) mass is 390 g/mol. The van der Waals surface area contributed by atoms with Crippen LogP contribution >= 0.6 is 11.3 Å². The van der Waals surface area contributed by atoms with Gasteiger partial charge in [0.1, 0.15) is 6.54 Å². The molecule has 0 aliphatic carbocycles. The zero-order valence-corrected chi connectivity index (χ0v) is 15.2. The highest BCUT2D eigenvalue weighted by Crippen LogP contribution is 2.13. The number of hydrogen-bond acceptors (Lipinski definition) is 6. The van der Waals surface area contributed by atoms with Gasteiger partial charge in [0.2, 0.25) is 5.91 Å². The second-order valence-electron chi connectivity index (χ2n) is 6.25. The topological polar surface area (TPSA) is 115 Å². The van der Waals surface area contributed by atoms with Crippen molar-refractivity contribution in [2.24, 2.45) is 0 Å². The average molecular weight is 390 g/mol. The Bertz CT molecular complexity index is 900. The first-order chi connectivity index (χ1) is 12.9. The van der Waals surface area contributed by atoms with Crippen LogP contribution in [0.15, 0.2) is 40.0 Å². The zero-order chi connectivity index (χ0) is 19.4. The summed E-state index contributed by atoms with van der Waals surface area (Å²) in [6.07, 6.45) is 2.31. The van der Waals surface area contributed by atoms with E-state index in [4.69, 9.17) is 0 Å². The summed E-state index contributed by atoms with van der Waals surface area (Å²) in [5.41, 5.74) is -0.0762. The SMILES string of the molecule is O=C(NC1CCN(C(=O)Cn2cc([N+](=O)[O-])ccc2=O)CC1)c1ccsc1. The van der Waals surface area contributed by atoms with Crippen LogP contribution in [0.25, 0.3) is 0 Å². The fourth-order valence-corrected chi connectivity index (χ4v) is 3.57. The Balaban J connectivity index is 1.54. The van der Waals surface area contributed by atoms with Gasteiger partial charge in [-0.3, -0.25) is 29.1 Å². The molecule has 0 saturated carbocycles. The van der Waals surface area contributed by atoms with Crippen molar-refractivity contribution in [3.8, 4) is 0 Å². The van der Waals surface area contributed by atoms with Gasteiger partial charge in [-0.2, -0.15) is 11.3 Å². The van der Waals surface area contributed by atoms with Gasteiger partial charge in [0.05, 0.1) is 11.1 Å². The molecule has 0 atom stereocenters. The van der Waals surface area contributed by atoms with E-state index in [0.29, 0.717) is 31.5 Å². The van der Waals surface area contributed by atoms with E-state index < -0.39 is 10.5 Å². The third-order valence-corrected chi connectivity index (χ3v) is 5.13. The number of piperidine rings is 1. The lowest BCUT2D eigenvalue weighted by atomic mass is 10.0. The molecule has 0 bridgehead atoms. The quantitative estimate of drug-likeness (QED) is 0.609. The molecule has 0 spiro atoms. The first-order valence-corrected chi connectivity index (χ1v) is 9.34. The van der Waals surface area contributed by atoms with E-state index in [1.54, 1.807) is 16.3 Å². The maximum atomic E-state index is 12.4. The van der Waals surface area contributed by atoms with Crippen LogP contribution in [0.2, 0.25) is 0 Å². The first-order valence-electron chi connectivity index (χ1n) is 8.40. The Kier molecular flexibility index (Phi) is 5.65. The summed E-state index contributed by atoms with van der Waals surface area (Å²) in [6.45, 7) is 0.667. The predicted molar refractivity (Wildman–Crippen MR) is 98.7 cm³/mol. The predicted octanol–water partition coefficient (Wildman–Crippen LogP) is 1.24. The molecule has 3 heterocycles. The Morgan fingerprint density at radius 3 is 2.63 bits per heavy atom. The van der Waals surface area contributed by atoms with Crippen molar-refractivity contribution in [1.29, 1.82) is 0 Å². The maximum absolute atomic E-state index is 12.4. The van der Waals surface area contributed by atoms with E-state index in [0.717, 1.165) is 22.9 Å². The number of carbonyl (C=O) groups excluding carboxylic acids is 2. The number of aromatic nitrogens is 1. The highest BCUT2D eigenvalue weighted by molar-refractivity contribution is 7.08. The molecule has 1 aliphatic heterocycles. The van der Waals surface area contributed by atoms with Crippen LogP contribution in [-0.2, 0) is 11.3 Å². The Morgan fingerprint density at radius 1 is 1.26 bits per heavy atom. The van der Waals surface area contributed by atoms with Crippen LogP contribution < -0.4 is 10.9 Å². The molecule has 1 saturated heterocycles. The van der Waals surface area contributed by atoms with Crippen molar-refractivity contribution in [2.75, 3.05) is 13.1 Å². The lowest BCUT2D eigenvalue weighted by Gasteiger charge is -2.32. The maximum Gasteiger partial charge on any atom is 0.285 e. The van der Waals surface area contributed by atoms with E-state index in [1.807, 2.05) is 5.38 Å². The van der Waals surface area contributed by atoms with Gasteiger partial charge in [-0.1, -0.05) is 0 Å². The lowest BCUT2D eigenvalue weighted by Crippen LogP contribution is -2.47. The number of nitro groups is 1. The van der Waals surface area contributed by atoms with E-state index in [2.05, 4.69) is 5.32 Å². The normalized spacial score (nSPS) is 14.7. The van der Waals surface area contributed by atoms with Crippen molar-refractivity contribution < 1.29 is 14.5 Å². The number of carbonyl (C=O) groups is 2. The Labute approximate surface area is 158 Å². The number of hydrogen-bond donors (Lipinski definition) is 1. The number of nitrogens with zero attached hydrogens (tertiary/aromatic N) is 3. The molecular weight excluding hydrogens is 372 g/mol. The van der Waals surface area contributed by atoms with Gasteiger partial charge < -0.3 is 10.2 Å². The van der Waals surface area contributed by atoms with Crippen molar-refractivity contribution in [3.05, 3.63) is 61.2 Å². The number of thiophene rings is 1. The molecule has 27 heavy (non-hydrogen) atoms. The van der Waals surface area contributed by atoms with Crippen LogP contribution in [-0.4, -0.2) is 45.3 Å². The van der Waals surface area contributed by atoms with Crippen LogP contribution in [0.4, 0.5) is 5.69 Å². The van der Waals surface area contributed by atoms with Gasteiger partial charge in [0.25, 0.3) is 17.2 Å². The van der Waals surface area contributed by atoms with Crippen molar-refractivity contribution in [3.63, 3.8) is 0 Å². The summed E-state index contributed by atoms with van der Waals surface area (Å²) >= 11 is 1.46. The minimum Gasteiger partial charge on any atom is -0.349 e. The standard InChI is InChI=1S/C17H18N4O5S/c22-15-2-1-14(21(25)26)9-20(15)10-16(23)19-6-3-13(4-7-19)18-17(24)12-5-8-27-11-12/h1-2,5,8-9,11,13H,3-4,6-7,10H2,(H,18,24). The summed E-state index contributed by atoms with van der Waals surface area (Å²) < 4.78 is 1.05. The van der Waals surface area contributed by atoms with Gasteiger partial charge in [-0.15, -0.1) is 0 Å². The van der Waals surface area contributed by atoms with Crippen LogP contribution in [0.5, 0.6) is 0 Å². The van der Waals surface area contributed by atoms with Crippen LogP contribution in [0.1, 0.15) is 23.2 Å². The molecule has 3 rings (SSSR count). The molecule has 0 radical (unpaired) electrons. The van der Waals surface area contributed by atoms with E-state index in [1.165, 1.54) is 11.3 Å². The molecule has 9 nitrogen and oxygen atoms in total. The Hall–Kier alpha value is -3.01. The molecule has 2 aromatic heterocycles.